The van der Waals surface area contributed by atoms with Crippen molar-refractivity contribution < 1.29 is 23.8 Å². The van der Waals surface area contributed by atoms with E-state index in [9.17, 15) is 9.59 Å². The van der Waals surface area contributed by atoms with Gasteiger partial charge in [0.25, 0.3) is 5.91 Å². The van der Waals surface area contributed by atoms with Gasteiger partial charge >= 0.3 is 5.97 Å². The Labute approximate surface area is 174 Å². The van der Waals surface area contributed by atoms with Gasteiger partial charge < -0.3 is 19.1 Å². The van der Waals surface area contributed by atoms with Crippen LogP contribution < -0.4 is 9.47 Å². The average molecular weight is 407 g/mol. The Morgan fingerprint density at radius 1 is 1.03 bits per heavy atom. The lowest BCUT2D eigenvalue weighted by Crippen LogP contribution is -2.49. The lowest BCUT2D eigenvalue weighted by atomic mass is 10.1. The quantitative estimate of drug-likeness (QED) is 0.698. The SMILES string of the molecule is N#Cc1cccc(C(=O)OCC(=O)N2CCN(Cc3ccc4c(c3)OCO4)CC2)c1. The van der Waals surface area contributed by atoms with Gasteiger partial charge in [-0.1, -0.05) is 12.1 Å². The molecule has 8 nitrogen and oxygen atoms in total. The molecule has 8 heteroatoms. The van der Waals surface area contributed by atoms with Crippen molar-refractivity contribution in [1.29, 1.82) is 5.26 Å². The number of carbonyl (C=O) groups is 2. The number of hydrogen-bond donors (Lipinski definition) is 0. The number of nitriles is 1. The van der Waals surface area contributed by atoms with Gasteiger partial charge in [0.05, 0.1) is 17.2 Å². The zero-order valence-electron chi connectivity index (χ0n) is 16.4. The van der Waals surface area contributed by atoms with Gasteiger partial charge in [0.15, 0.2) is 18.1 Å². The second kappa shape index (κ2) is 8.84. The molecule has 0 spiro atoms. The van der Waals surface area contributed by atoms with Crippen LogP contribution in [0, 0.1) is 11.3 Å². The van der Waals surface area contributed by atoms with E-state index in [1.807, 2.05) is 24.3 Å². The molecule has 0 aliphatic carbocycles. The normalized spacial score (nSPS) is 15.5. The zero-order chi connectivity index (χ0) is 20.9. The van der Waals surface area contributed by atoms with E-state index in [0.717, 1.165) is 36.7 Å². The molecule has 2 heterocycles. The molecule has 30 heavy (non-hydrogen) atoms. The number of esters is 1. The lowest BCUT2D eigenvalue weighted by Gasteiger charge is -2.34. The first kappa shape index (κ1) is 19.7. The molecule has 1 saturated heterocycles. The number of fused-ring (bicyclic) bond motifs is 1. The van der Waals surface area contributed by atoms with E-state index in [4.69, 9.17) is 19.5 Å². The summed E-state index contributed by atoms with van der Waals surface area (Å²) < 4.78 is 15.9. The first-order chi connectivity index (χ1) is 14.6. The molecule has 1 fully saturated rings. The summed E-state index contributed by atoms with van der Waals surface area (Å²) in [7, 11) is 0. The van der Waals surface area contributed by atoms with Crippen molar-refractivity contribution in [3.8, 4) is 17.6 Å². The van der Waals surface area contributed by atoms with Crippen LogP contribution in [0.1, 0.15) is 21.5 Å². The summed E-state index contributed by atoms with van der Waals surface area (Å²) in [6.07, 6.45) is 0. The molecule has 2 aromatic carbocycles. The van der Waals surface area contributed by atoms with Crippen molar-refractivity contribution in [2.45, 2.75) is 6.54 Å². The highest BCUT2D eigenvalue weighted by atomic mass is 16.7. The fraction of sp³-hybridized carbons (Fsp3) is 0.318. The second-order valence-electron chi connectivity index (χ2n) is 7.11. The predicted molar refractivity (Wildman–Crippen MR) is 106 cm³/mol. The number of amides is 1. The van der Waals surface area contributed by atoms with Gasteiger partial charge in [-0.25, -0.2) is 4.79 Å². The van der Waals surface area contributed by atoms with E-state index in [1.54, 1.807) is 23.1 Å². The first-order valence-corrected chi connectivity index (χ1v) is 9.68. The van der Waals surface area contributed by atoms with Crippen LogP contribution in [0.5, 0.6) is 11.5 Å². The topological polar surface area (TPSA) is 92.1 Å². The van der Waals surface area contributed by atoms with Crippen molar-refractivity contribution in [1.82, 2.24) is 9.80 Å². The summed E-state index contributed by atoms with van der Waals surface area (Å²) in [5, 5.41) is 8.91. The van der Waals surface area contributed by atoms with Crippen molar-refractivity contribution >= 4 is 11.9 Å². The van der Waals surface area contributed by atoms with Gasteiger partial charge in [0.2, 0.25) is 6.79 Å². The van der Waals surface area contributed by atoms with Gasteiger partial charge in [-0.3, -0.25) is 9.69 Å². The third-order valence-corrected chi connectivity index (χ3v) is 5.12. The number of piperazine rings is 1. The van der Waals surface area contributed by atoms with E-state index in [0.29, 0.717) is 18.7 Å². The third-order valence-electron chi connectivity index (χ3n) is 5.12. The summed E-state index contributed by atoms with van der Waals surface area (Å²) >= 11 is 0. The summed E-state index contributed by atoms with van der Waals surface area (Å²) in [6.45, 7) is 3.33. The third kappa shape index (κ3) is 4.53. The Kier molecular flexibility index (Phi) is 5.82. The Morgan fingerprint density at radius 2 is 1.83 bits per heavy atom. The van der Waals surface area contributed by atoms with E-state index in [2.05, 4.69) is 4.90 Å². The van der Waals surface area contributed by atoms with Gasteiger partial charge in [0, 0.05) is 32.7 Å². The van der Waals surface area contributed by atoms with Crippen molar-refractivity contribution in [2.75, 3.05) is 39.6 Å². The summed E-state index contributed by atoms with van der Waals surface area (Å²) in [4.78, 5) is 28.5. The van der Waals surface area contributed by atoms with E-state index in [-0.39, 0.29) is 24.9 Å². The maximum absolute atomic E-state index is 12.4. The fourth-order valence-electron chi connectivity index (χ4n) is 3.47. The van der Waals surface area contributed by atoms with Crippen LogP contribution in [0.2, 0.25) is 0 Å². The summed E-state index contributed by atoms with van der Waals surface area (Å²) in [6, 6.07) is 14.1. The highest BCUT2D eigenvalue weighted by molar-refractivity contribution is 5.91. The number of ether oxygens (including phenoxy) is 3. The molecular weight excluding hydrogens is 386 g/mol. The highest BCUT2D eigenvalue weighted by Gasteiger charge is 2.23. The molecule has 2 aliphatic rings. The molecule has 4 rings (SSSR count). The number of rotatable bonds is 5. The number of hydrogen-bond acceptors (Lipinski definition) is 7. The van der Waals surface area contributed by atoms with Crippen LogP contribution >= 0.6 is 0 Å². The number of carbonyl (C=O) groups excluding carboxylic acids is 2. The summed E-state index contributed by atoms with van der Waals surface area (Å²) in [5.74, 6) is 0.705. The lowest BCUT2D eigenvalue weighted by molar-refractivity contribution is -0.136. The molecule has 0 saturated carbocycles. The molecular formula is C22H21N3O5. The van der Waals surface area contributed by atoms with Crippen LogP contribution in [0.4, 0.5) is 0 Å². The molecule has 2 aromatic rings. The Morgan fingerprint density at radius 3 is 2.63 bits per heavy atom. The second-order valence-corrected chi connectivity index (χ2v) is 7.11. The molecule has 0 bridgehead atoms. The molecule has 0 N–H and O–H groups in total. The minimum Gasteiger partial charge on any atom is -0.454 e. The van der Waals surface area contributed by atoms with Crippen molar-refractivity contribution in [3.63, 3.8) is 0 Å². The van der Waals surface area contributed by atoms with Crippen LogP contribution in [0.3, 0.4) is 0 Å². The van der Waals surface area contributed by atoms with Gasteiger partial charge in [0.1, 0.15) is 0 Å². The fourth-order valence-corrected chi connectivity index (χ4v) is 3.47. The van der Waals surface area contributed by atoms with Crippen LogP contribution in [0.25, 0.3) is 0 Å². The van der Waals surface area contributed by atoms with E-state index < -0.39 is 5.97 Å². The monoisotopic (exact) mass is 407 g/mol. The molecule has 1 amide bonds. The first-order valence-electron chi connectivity index (χ1n) is 9.68. The predicted octanol–water partition coefficient (Wildman–Crippen LogP) is 1.79. The number of nitrogens with zero attached hydrogens (tertiary/aromatic N) is 3. The molecule has 2 aliphatic heterocycles. The number of benzene rings is 2. The maximum Gasteiger partial charge on any atom is 0.338 e. The van der Waals surface area contributed by atoms with Gasteiger partial charge in [-0.2, -0.15) is 5.26 Å². The van der Waals surface area contributed by atoms with Gasteiger partial charge in [-0.05, 0) is 35.9 Å². The average Bonchev–Trinajstić information content (AvgIpc) is 3.25. The standard InChI is InChI=1S/C22H21N3O5/c23-12-16-2-1-3-18(10-16)22(27)28-14-21(26)25-8-6-24(7-9-25)13-17-4-5-19-20(11-17)30-15-29-19/h1-5,10-11H,6-9,13-15H2. The van der Waals surface area contributed by atoms with Crippen molar-refractivity contribution in [2.24, 2.45) is 0 Å². The summed E-state index contributed by atoms with van der Waals surface area (Å²) in [5.41, 5.74) is 1.76. The Hall–Kier alpha value is -3.57. The van der Waals surface area contributed by atoms with Crippen LogP contribution in [-0.2, 0) is 16.1 Å². The zero-order valence-corrected chi connectivity index (χ0v) is 16.4. The molecule has 154 valence electrons. The Bertz CT molecular complexity index is 993. The largest absolute Gasteiger partial charge is 0.454 e. The smallest absolute Gasteiger partial charge is 0.338 e. The van der Waals surface area contributed by atoms with Crippen LogP contribution in [0.15, 0.2) is 42.5 Å². The molecule has 0 unspecified atom stereocenters. The van der Waals surface area contributed by atoms with Crippen LogP contribution in [-0.4, -0.2) is 61.3 Å². The van der Waals surface area contributed by atoms with E-state index in [1.165, 1.54) is 6.07 Å². The van der Waals surface area contributed by atoms with Crippen molar-refractivity contribution in [3.05, 3.63) is 59.2 Å². The minimum absolute atomic E-state index is 0.220. The minimum atomic E-state index is -0.609. The highest BCUT2D eigenvalue weighted by Crippen LogP contribution is 2.32. The van der Waals surface area contributed by atoms with E-state index >= 15 is 0 Å². The van der Waals surface area contributed by atoms with Gasteiger partial charge in [-0.15, -0.1) is 0 Å². The molecule has 0 aromatic heterocycles. The molecule has 0 atom stereocenters. The Balaban J connectivity index is 1.23. The molecule has 0 radical (unpaired) electrons. The maximum atomic E-state index is 12.4.